The van der Waals surface area contributed by atoms with E-state index < -0.39 is 0 Å². The van der Waals surface area contributed by atoms with Gasteiger partial charge in [-0.25, -0.2) is 0 Å². The Balaban J connectivity index is 2.78. The molecule has 0 radical (unpaired) electrons. The SMILES string of the molecule is Cc1ccc(C(=O)CC(=S)S)cc1. The molecule has 3 heteroatoms. The van der Waals surface area contributed by atoms with Crippen LogP contribution in [0.2, 0.25) is 0 Å². The molecule has 1 nitrogen and oxygen atoms in total. The number of thiol groups is 1. The molecule has 0 fully saturated rings. The van der Waals surface area contributed by atoms with Gasteiger partial charge < -0.3 is 0 Å². The van der Waals surface area contributed by atoms with Crippen LogP contribution in [-0.2, 0) is 0 Å². The zero-order valence-corrected chi connectivity index (χ0v) is 8.99. The van der Waals surface area contributed by atoms with Crippen molar-refractivity contribution in [1.82, 2.24) is 0 Å². The molecule has 0 unspecified atom stereocenters. The van der Waals surface area contributed by atoms with Crippen molar-refractivity contribution in [3.8, 4) is 0 Å². The quantitative estimate of drug-likeness (QED) is 0.469. The molecule has 0 saturated carbocycles. The van der Waals surface area contributed by atoms with E-state index in [4.69, 9.17) is 12.2 Å². The molecule has 0 bridgehead atoms. The maximum absolute atomic E-state index is 11.4. The Morgan fingerprint density at radius 2 is 1.92 bits per heavy atom. The Morgan fingerprint density at radius 3 is 2.38 bits per heavy atom. The lowest BCUT2D eigenvalue weighted by Crippen LogP contribution is -2.01. The first-order chi connectivity index (χ1) is 6.09. The van der Waals surface area contributed by atoms with Crippen molar-refractivity contribution in [3.05, 3.63) is 35.4 Å². The van der Waals surface area contributed by atoms with Crippen molar-refractivity contribution >= 4 is 34.8 Å². The second-order valence-electron chi connectivity index (χ2n) is 2.86. The zero-order chi connectivity index (χ0) is 9.84. The maximum atomic E-state index is 11.4. The van der Waals surface area contributed by atoms with E-state index in [-0.39, 0.29) is 12.2 Å². The Labute approximate surface area is 88.6 Å². The first-order valence-corrected chi connectivity index (χ1v) is 4.77. The smallest absolute Gasteiger partial charge is 0.168 e. The number of thiocarbonyl (C=S) groups is 1. The van der Waals surface area contributed by atoms with Gasteiger partial charge in [0.25, 0.3) is 0 Å². The lowest BCUT2D eigenvalue weighted by atomic mass is 10.1. The second kappa shape index (κ2) is 4.53. The third-order valence-corrected chi connectivity index (χ3v) is 1.99. The average molecular weight is 210 g/mol. The summed E-state index contributed by atoms with van der Waals surface area (Å²) in [5.74, 6) is 0.0278. The average Bonchev–Trinajstić information content (AvgIpc) is 2.04. The van der Waals surface area contributed by atoms with Crippen LogP contribution in [0.5, 0.6) is 0 Å². The maximum Gasteiger partial charge on any atom is 0.168 e. The van der Waals surface area contributed by atoms with Gasteiger partial charge in [0, 0.05) is 5.56 Å². The van der Waals surface area contributed by atoms with E-state index in [1.54, 1.807) is 0 Å². The molecule has 68 valence electrons. The van der Waals surface area contributed by atoms with Crippen LogP contribution in [0.15, 0.2) is 24.3 Å². The van der Waals surface area contributed by atoms with Gasteiger partial charge in [-0.3, -0.25) is 4.79 Å². The summed E-state index contributed by atoms with van der Waals surface area (Å²) in [5, 5.41) is 0. The highest BCUT2D eigenvalue weighted by atomic mass is 32.1. The highest BCUT2D eigenvalue weighted by Crippen LogP contribution is 2.07. The Bertz CT molecular complexity index is 327. The summed E-state index contributed by atoms with van der Waals surface area (Å²) in [6.45, 7) is 1.98. The number of carbonyl (C=O) groups is 1. The topological polar surface area (TPSA) is 17.1 Å². The third-order valence-electron chi connectivity index (χ3n) is 1.69. The first kappa shape index (κ1) is 10.4. The number of hydrogen-bond donors (Lipinski definition) is 1. The number of carbonyl (C=O) groups excluding carboxylic acids is 1. The molecule has 0 N–H and O–H groups in total. The van der Waals surface area contributed by atoms with Crippen molar-refractivity contribution < 1.29 is 4.79 Å². The van der Waals surface area contributed by atoms with Crippen LogP contribution in [0.25, 0.3) is 0 Å². The number of Topliss-reactive ketones (excluding diaryl/α,β-unsaturated/α-hetero) is 1. The molecular weight excluding hydrogens is 200 g/mol. The summed E-state index contributed by atoms with van der Waals surface area (Å²) in [6, 6.07) is 7.44. The van der Waals surface area contributed by atoms with Gasteiger partial charge in [0.1, 0.15) is 0 Å². The molecule has 0 aliphatic carbocycles. The minimum Gasteiger partial charge on any atom is -0.294 e. The lowest BCUT2D eigenvalue weighted by Gasteiger charge is -1.99. The number of benzene rings is 1. The summed E-state index contributed by atoms with van der Waals surface area (Å²) in [5.41, 5.74) is 1.84. The van der Waals surface area contributed by atoms with E-state index in [9.17, 15) is 4.79 Å². The second-order valence-corrected chi connectivity index (χ2v) is 4.19. The van der Waals surface area contributed by atoms with Crippen LogP contribution in [0.4, 0.5) is 0 Å². The van der Waals surface area contributed by atoms with Crippen LogP contribution in [0, 0.1) is 6.92 Å². The van der Waals surface area contributed by atoms with Crippen LogP contribution in [0.3, 0.4) is 0 Å². The van der Waals surface area contributed by atoms with Crippen LogP contribution >= 0.6 is 24.8 Å². The minimum absolute atomic E-state index is 0.0278. The molecule has 0 heterocycles. The molecule has 1 aromatic rings. The fourth-order valence-electron chi connectivity index (χ4n) is 0.979. The highest BCUT2D eigenvalue weighted by molar-refractivity contribution is 8.11. The standard InChI is InChI=1S/C10H10OS2/c1-7-2-4-8(5-3-7)9(11)6-10(12)13/h2-5H,6H2,1H3,(H,12,13). The molecule has 0 amide bonds. The number of hydrogen-bond acceptors (Lipinski definition) is 2. The van der Waals surface area contributed by atoms with Gasteiger partial charge in [0.2, 0.25) is 0 Å². The molecule has 1 rings (SSSR count). The lowest BCUT2D eigenvalue weighted by molar-refractivity contribution is 0.100. The van der Waals surface area contributed by atoms with E-state index in [2.05, 4.69) is 12.6 Å². The minimum atomic E-state index is 0.0278. The van der Waals surface area contributed by atoms with Crippen molar-refractivity contribution in [2.24, 2.45) is 0 Å². The van der Waals surface area contributed by atoms with Gasteiger partial charge in [-0.15, -0.1) is 12.6 Å². The number of aryl methyl sites for hydroxylation is 1. The summed E-state index contributed by atoms with van der Waals surface area (Å²) >= 11 is 8.66. The van der Waals surface area contributed by atoms with Crippen molar-refractivity contribution in [1.29, 1.82) is 0 Å². The van der Waals surface area contributed by atoms with E-state index in [0.717, 1.165) is 5.56 Å². The van der Waals surface area contributed by atoms with Gasteiger partial charge in [-0.2, -0.15) is 0 Å². The zero-order valence-electron chi connectivity index (χ0n) is 7.28. The molecule has 13 heavy (non-hydrogen) atoms. The van der Waals surface area contributed by atoms with Gasteiger partial charge in [0.05, 0.1) is 10.6 Å². The molecule has 0 aliphatic heterocycles. The molecule has 0 atom stereocenters. The van der Waals surface area contributed by atoms with E-state index in [0.29, 0.717) is 9.76 Å². The number of rotatable bonds is 3. The predicted molar refractivity (Wildman–Crippen MR) is 61.7 cm³/mol. The number of ketones is 1. The fourth-order valence-corrected chi connectivity index (χ4v) is 1.25. The van der Waals surface area contributed by atoms with Crippen LogP contribution in [-0.4, -0.2) is 9.98 Å². The van der Waals surface area contributed by atoms with Crippen molar-refractivity contribution in [2.75, 3.05) is 0 Å². The summed E-state index contributed by atoms with van der Waals surface area (Å²) in [6.07, 6.45) is 0.238. The van der Waals surface area contributed by atoms with E-state index in [1.807, 2.05) is 31.2 Å². The predicted octanol–water partition coefficient (Wildman–Crippen LogP) is 2.83. The molecule has 1 aromatic carbocycles. The summed E-state index contributed by atoms with van der Waals surface area (Å²) < 4.78 is 0.436. The van der Waals surface area contributed by atoms with Gasteiger partial charge in [-0.1, -0.05) is 42.0 Å². The van der Waals surface area contributed by atoms with Gasteiger partial charge in [-0.05, 0) is 6.92 Å². The molecule has 0 saturated heterocycles. The Kier molecular flexibility index (Phi) is 3.63. The normalized spacial score (nSPS) is 9.69. The molecule has 0 spiro atoms. The van der Waals surface area contributed by atoms with Crippen molar-refractivity contribution in [2.45, 2.75) is 13.3 Å². The van der Waals surface area contributed by atoms with E-state index >= 15 is 0 Å². The Morgan fingerprint density at radius 1 is 1.38 bits per heavy atom. The largest absolute Gasteiger partial charge is 0.294 e. The molecular formula is C10H10OS2. The van der Waals surface area contributed by atoms with Crippen LogP contribution in [0.1, 0.15) is 22.3 Å². The first-order valence-electron chi connectivity index (χ1n) is 3.91. The van der Waals surface area contributed by atoms with Crippen LogP contribution < -0.4 is 0 Å². The monoisotopic (exact) mass is 210 g/mol. The summed E-state index contributed by atoms with van der Waals surface area (Å²) in [4.78, 5) is 11.4. The fraction of sp³-hybridized carbons (Fsp3) is 0.200. The third kappa shape index (κ3) is 3.28. The van der Waals surface area contributed by atoms with Crippen molar-refractivity contribution in [3.63, 3.8) is 0 Å². The molecule has 0 aliphatic rings. The Hall–Kier alpha value is -0.670. The van der Waals surface area contributed by atoms with Gasteiger partial charge in [0.15, 0.2) is 5.78 Å². The summed E-state index contributed by atoms with van der Waals surface area (Å²) in [7, 11) is 0. The molecule has 0 aromatic heterocycles. The highest BCUT2D eigenvalue weighted by Gasteiger charge is 2.05. The van der Waals surface area contributed by atoms with Gasteiger partial charge >= 0.3 is 0 Å². The van der Waals surface area contributed by atoms with E-state index in [1.165, 1.54) is 0 Å².